The van der Waals surface area contributed by atoms with Crippen LogP contribution in [0.15, 0.2) is 23.2 Å². The van der Waals surface area contributed by atoms with Gasteiger partial charge in [0, 0.05) is 34.7 Å². The summed E-state index contributed by atoms with van der Waals surface area (Å²) >= 11 is 5.10. The molecule has 26 heavy (non-hydrogen) atoms. The molecule has 0 aliphatic heterocycles. The number of carbonyl (C=O) groups is 2. The van der Waals surface area contributed by atoms with Crippen LogP contribution >= 0.6 is 46.2 Å². The lowest BCUT2D eigenvalue weighted by Crippen LogP contribution is -2.31. The number of rotatable bonds is 11. The van der Waals surface area contributed by atoms with Crippen LogP contribution in [0.5, 0.6) is 0 Å². The van der Waals surface area contributed by atoms with E-state index in [9.17, 15) is 19.8 Å². The second kappa shape index (κ2) is 11.5. The second-order valence-electron chi connectivity index (χ2n) is 4.94. The van der Waals surface area contributed by atoms with Crippen molar-refractivity contribution < 1.29 is 19.8 Å². The Morgan fingerprint density at radius 3 is 1.69 bits per heavy atom. The van der Waals surface area contributed by atoms with Crippen molar-refractivity contribution in [3.05, 3.63) is 23.2 Å². The summed E-state index contributed by atoms with van der Waals surface area (Å²) in [4.78, 5) is 31.3. The van der Waals surface area contributed by atoms with Crippen molar-refractivity contribution in [3.8, 4) is 0 Å². The highest BCUT2D eigenvalue weighted by Crippen LogP contribution is 2.15. The van der Waals surface area contributed by atoms with Gasteiger partial charge in [0.25, 0.3) is 0 Å². The first-order valence-corrected chi connectivity index (χ1v) is 11.5. The molecule has 0 bridgehead atoms. The molecule has 2 heterocycles. The van der Waals surface area contributed by atoms with E-state index in [1.807, 2.05) is 0 Å². The maximum atomic E-state index is 11.7. The first-order chi connectivity index (χ1) is 12.5. The average Bonchev–Trinajstić information content (AvgIpc) is 3.28. The molecule has 0 fully saturated rings. The lowest BCUT2D eigenvalue weighted by atomic mass is 10.3. The number of hydrogen-bond donors (Lipinski definition) is 4. The van der Waals surface area contributed by atoms with E-state index in [4.69, 9.17) is 0 Å². The zero-order valence-corrected chi connectivity index (χ0v) is 16.8. The zero-order valence-electron chi connectivity index (χ0n) is 13.5. The summed E-state index contributed by atoms with van der Waals surface area (Å²) in [6, 6.07) is 0. The predicted molar refractivity (Wildman–Crippen MR) is 108 cm³/mol. The molecule has 12 heteroatoms. The van der Waals surface area contributed by atoms with E-state index in [1.165, 1.54) is 46.2 Å². The summed E-state index contributed by atoms with van der Waals surface area (Å²) < 4.78 is 0. The molecular formula is C14H18N4O4S4. The average molecular weight is 435 g/mol. The van der Waals surface area contributed by atoms with Crippen molar-refractivity contribution in [2.75, 3.05) is 33.6 Å². The van der Waals surface area contributed by atoms with Crippen LogP contribution in [0.3, 0.4) is 0 Å². The summed E-state index contributed by atoms with van der Waals surface area (Å²) in [5.74, 6) is 0.343. The highest BCUT2D eigenvalue weighted by atomic mass is 32.2. The molecule has 2 aromatic rings. The normalized spacial score (nSPS) is 13.2. The van der Waals surface area contributed by atoms with Crippen molar-refractivity contribution in [2.24, 2.45) is 0 Å². The molecule has 4 N–H and O–H groups in total. The van der Waals surface area contributed by atoms with Gasteiger partial charge in [0.05, 0.1) is 23.7 Å². The van der Waals surface area contributed by atoms with Crippen molar-refractivity contribution in [1.82, 2.24) is 9.97 Å². The number of thioether (sulfide) groups is 2. The molecular weight excluding hydrogens is 416 g/mol. The molecule has 2 amide bonds. The fourth-order valence-electron chi connectivity index (χ4n) is 1.65. The third-order valence-corrected chi connectivity index (χ3v) is 6.31. The molecule has 0 aliphatic rings. The largest absolute Gasteiger partial charge is 0.390 e. The maximum absolute atomic E-state index is 11.7. The minimum Gasteiger partial charge on any atom is -0.390 e. The molecule has 0 radical (unpaired) electrons. The number of aliphatic hydroxyl groups is 2. The number of aromatic nitrogens is 2. The Balaban J connectivity index is 1.54. The number of nitrogens with zero attached hydrogens (tertiary/aromatic N) is 2. The quantitative estimate of drug-likeness (QED) is 0.418. The predicted octanol–water partition coefficient (Wildman–Crippen LogP) is 1.36. The molecule has 8 nitrogen and oxygen atoms in total. The second-order valence-corrected chi connectivity index (χ2v) is 8.79. The highest BCUT2D eigenvalue weighted by molar-refractivity contribution is 8.00. The van der Waals surface area contributed by atoms with Crippen molar-refractivity contribution in [1.29, 1.82) is 0 Å². The van der Waals surface area contributed by atoms with Gasteiger partial charge < -0.3 is 20.8 Å². The van der Waals surface area contributed by atoms with E-state index in [0.717, 1.165) is 0 Å². The van der Waals surface area contributed by atoms with Gasteiger partial charge in [-0.3, -0.25) is 9.59 Å². The van der Waals surface area contributed by atoms with E-state index in [0.29, 0.717) is 10.3 Å². The molecule has 2 aromatic heterocycles. The van der Waals surface area contributed by atoms with Gasteiger partial charge in [0.15, 0.2) is 10.3 Å². The van der Waals surface area contributed by atoms with Crippen LogP contribution in [0, 0.1) is 0 Å². The molecule has 2 rings (SSSR count). The van der Waals surface area contributed by atoms with E-state index in [-0.39, 0.29) is 34.8 Å². The smallest absolute Gasteiger partial charge is 0.236 e. The SMILES string of the molecule is O=C(CSCC(O)C(O)CSCC(=O)Nc1nccs1)Nc1nccs1. The molecule has 0 saturated carbocycles. The highest BCUT2D eigenvalue weighted by Gasteiger charge is 2.18. The Morgan fingerprint density at radius 2 is 1.35 bits per heavy atom. The molecule has 142 valence electrons. The summed E-state index contributed by atoms with van der Waals surface area (Å²) in [5, 5.41) is 29.7. The van der Waals surface area contributed by atoms with E-state index >= 15 is 0 Å². The molecule has 2 atom stereocenters. The van der Waals surface area contributed by atoms with Crippen LogP contribution in [0.1, 0.15) is 0 Å². The van der Waals surface area contributed by atoms with Gasteiger partial charge in [0.1, 0.15) is 0 Å². The van der Waals surface area contributed by atoms with Gasteiger partial charge in [-0.1, -0.05) is 0 Å². The zero-order chi connectivity index (χ0) is 18.8. The minimum atomic E-state index is -0.970. The van der Waals surface area contributed by atoms with Crippen LogP contribution in [-0.4, -0.2) is 67.2 Å². The number of amides is 2. The lowest BCUT2D eigenvalue weighted by Gasteiger charge is -2.16. The van der Waals surface area contributed by atoms with Crippen LogP contribution in [0.4, 0.5) is 10.3 Å². The van der Waals surface area contributed by atoms with E-state index in [2.05, 4.69) is 20.6 Å². The summed E-state index contributed by atoms with van der Waals surface area (Å²) in [6.07, 6.45) is 1.26. The maximum Gasteiger partial charge on any atom is 0.236 e. The number of hydrogen-bond acceptors (Lipinski definition) is 10. The lowest BCUT2D eigenvalue weighted by molar-refractivity contribution is -0.114. The van der Waals surface area contributed by atoms with Gasteiger partial charge in [-0.2, -0.15) is 0 Å². The van der Waals surface area contributed by atoms with E-state index in [1.54, 1.807) is 23.2 Å². The number of nitrogens with one attached hydrogen (secondary N) is 2. The third kappa shape index (κ3) is 8.01. The van der Waals surface area contributed by atoms with Crippen LogP contribution in [0.2, 0.25) is 0 Å². The molecule has 2 unspecified atom stereocenters. The standard InChI is InChI=1S/C14H18N4O4S4/c19-9(5-23-7-11(21)17-13-15-1-3-25-13)10(20)6-24-8-12(22)18-14-16-2-4-26-14/h1-4,9-10,19-20H,5-8H2,(H,15,17,21)(H,16,18,22). The van der Waals surface area contributed by atoms with Gasteiger partial charge in [-0.25, -0.2) is 9.97 Å². The Labute approximate surface area is 166 Å². The van der Waals surface area contributed by atoms with Crippen LogP contribution in [-0.2, 0) is 9.59 Å². The molecule has 0 aliphatic carbocycles. The summed E-state index contributed by atoms with van der Waals surface area (Å²) in [7, 11) is 0. The Bertz CT molecular complexity index is 610. The Hall–Kier alpha value is -1.18. The monoisotopic (exact) mass is 434 g/mol. The first kappa shape index (κ1) is 21.1. The van der Waals surface area contributed by atoms with Gasteiger partial charge in [-0.15, -0.1) is 46.2 Å². The summed E-state index contributed by atoms with van der Waals surface area (Å²) in [6.45, 7) is 0. The number of carbonyl (C=O) groups excluding carboxylic acids is 2. The third-order valence-electron chi connectivity index (χ3n) is 2.85. The Morgan fingerprint density at radius 1 is 0.923 bits per heavy atom. The number of thiazole rings is 2. The fourth-order valence-corrected chi connectivity index (χ4v) is 4.42. The van der Waals surface area contributed by atoms with Gasteiger partial charge in [0.2, 0.25) is 11.8 Å². The van der Waals surface area contributed by atoms with Crippen molar-refractivity contribution in [3.63, 3.8) is 0 Å². The van der Waals surface area contributed by atoms with Crippen LogP contribution in [0.25, 0.3) is 0 Å². The molecule has 0 spiro atoms. The summed E-state index contributed by atoms with van der Waals surface area (Å²) in [5.41, 5.74) is 0. The molecule has 0 aromatic carbocycles. The fraction of sp³-hybridized carbons (Fsp3) is 0.429. The van der Waals surface area contributed by atoms with Gasteiger partial charge in [-0.05, 0) is 0 Å². The van der Waals surface area contributed by atoms with Gasteiger partial charge >= 0.3 is 0 Å². The Kier molecular flexibility index (Phi) is 9.36. The van der Waals surface area contributed by atoms with E-state index < -0.39 is 12.2 Å². The molecule has 0 saturated heterocycles. The number of anilines is 2. The first-order valence-electron chi connectivity index (χ1n) is 7.45. The number of aliphatic hydroxyl groups excluding tert-OH is 2. The van der Waals surface area contributed by atoms with Crippen LogP contribution < -0.4 is 10.6 Å². The van der Waals surface area contributed by atoms with Crippen molar-refractivity contribution >= 4 is 68.3 Å². The van der Waals surface area contributed by atoms with Crippen molar-refractivity contribution in [2.45, 2.75) is 12.2 Å². The topological polar surface area (TPSA) is 124 Å². The minimum absolute atomic E-state index is 0.159.